The van der Waals surface area contributed by atoms with Crippen molar-refractivity contribution in [3.05, 3.63) is 60.2 Å². The molecule has 0 spiro atoms. The van der Waals surface area contributed by atoms with Crippen LogP contribution < -0.4 is 10.0 Å². The molecule has 2 fully saturated rings. The molecule has 1 heterocycles. The summed E-state index contributed by atoms with van der Waals surface area (Å²) < 4.78 is 27.7. The second kappa shape index (κ2) is 9.73. The molecule has 2 N–H and O–H groups in total. The number of piperidine rings is 1. The minimum atomic E-state index is -3.73. The molecule has 0 radical (unpaired) electrons. The van der Waals surface area contributed by atoms with E-state index < -0.39 is 10.0 Å². The zero-order chi connectivity index (χ0) is 22.6. The van der Waals surface area contributed by atoms with Crippen LogP contribution in [-0.2, 0) is 14.8 Å². The maximum Gasteiger partial charge on any atom is 0.261 e. The minimum Gasteiger partial charge on any atom is -0.353 e. The van der Waals surface area contributed by atoms with E-state index in [0.29, 0.717) is 43.2 Å². The first-order chi connectivity index (χ1) is 15.4. The largest absolute Gasteiger partial charge is 0.353 e. The van der Waals surface area contributed by atoms with Gasteiger partial charge in [0.1, 0.15) is 0 Å². The van der Waals surface area contributed by atoms with Crippen molar-refractivity contribution in [3.8, 4) is 0 Å². The van der Waals surface area contributed by atoms with Crippen molar-refractivity contribution in [1.29, 1.82) is 0 Å². The van der Waals surface area contributed by atoms with E-state index in [9.17, 15) is 18.0 Å². The predicted octanol–water partition coefficient (Wildman–Crippen LogP) is 3.40. The normalized spacial score (nSPS) is 17.8. The van der Waals surface area contributed by atoms with Crippen LogP contribution in [0.1, 0.15) is 48.9 Å². The fraction of sp³-hybridized carbons (Fsp3) is 0.417. The number of hydrogen-bond acceptors (Lipinski definition) is 4. The summed E-state index contributed by atoms with van der Waals surface area (Å²) in [6, 6.07) is 14.9. The topological polar surface area (TPSA) is 95.6 Å². The third-order valence-electron chi connectivity index (χ3n) is 6.27. The van der Waals surface area contributed by atoms with Gasteiger partial charge in [0, 0.05) is 36.3 Å². The Balaban J connectivity index is 1.35. The third kappa shape index (κ3) is 5.30. The first kappa shape index (κ1) is 22.3. The molecule has 0 bridgehead atoms. The zero-order valence-electron chi connectivity index (χ0n) is 18.0. The van der Waals surface area contributed by atoms with Crippen LogP contribution in [0.2, 0.25) is 0 Å². The van der Waals surface area contributed by atoms with Crippen molar-refractivity contribution < 1.29 is 18.0 Å². The first-order valence-corrected chi connectivity index (χ1v) is 12.7. The molecule has 2 aromatic carbocycles. The van der Waals surface area contributed by atoms with E-state index in [1.807, 2.05) is 0 Å². The number of sulfonamides is 1. The highest BCUT2D eigenvalue weighted by atomic mass is 32.2. The number of benzene rings is 2. The second-order valence-corrected chi connectivity index (χ2v) is 10.2. The SMILES string of the molecule is O=C(NC1CCCC1)C1CCN(C(=O)c2cccc(NS(=O)(=O)c3ccccc3)c2)CC1. The molecule has 1 saturated carbocycles. The van der Waals surface area contributed by atoms with Crippen LogP contribution in [0.5, 0.6) is 0 Å². The Morgan fingerprint density at radius 2 is 1.56 bits per heavy atom. The van der Waals surface area contributed by atoms with E-state index in [-0.39, 0.29) is 22.6 Å². The third-order valence-corrected chi connectivity index (χ3v) is 7.67. The van der Waals surface area contributed by atoms with Crippen LogP contribution in [0, 0.1) is 5.92 Å². The lowest BCUT2D eigenvalue weighted by Gasteiger charge is -2.32. The van der Waals surface area contributed by atoms with Gasteiger partial charge >= 0.3 is 0 Å². The molecule has 0 aromatic heterocycles. The van der Waals surface area contributed by atoms with Crippen molar-refractivity contribution >= 4 is 27.5 Å². The van der Waals surface area contributed by atoms with Crippen molar-refractivity contribution in [2.45, 2.75) is 49.5 Å². The number of nitrogens with one attached hydrogen (secondary N) is 2. The van der Waals surface area contributed by atoms with Gasteiger partial charge in [-0.25, -0.2) is 8.42 Å². The Kier molecular flexibility index (Phi) is 6.79. The summed E-state index contributed by atoms with van der Waals surface area (Å²) in [7, 11) is -3.73. The van der Waals surface area contributed by atoms with Gasteiger partial charge in [-0.1, -0.05) is 37.1 Å². The van der Waals surface area contributed by atoms with E-state index >= 15 is 0 Å². The summed E-state index contributed by atoms with van der Waals surface area (Å²) in [5.74, 6) is -0.0922. The van der Waals surface area contributed by atoms with E-state index in [1.54, 1.807) is 47.4 Å². The molecule has 2 aromatic rings. The molecule has 0 unspecified atom stereocenters. The quantitative estimate of drug-likeness (QED) is 0.698. The summed E-state index contributed by atoms with van der Waals surface area (Å²) in [5, 5.41) is 3.16. The van der Waals surface area contributed by atoms with Crippen LogP contribution in [-0.4, -0.2) is 44.3 Å². The summed E-state index contributed by atoms with van der Waals surface area (Å²) in [4.78, 5) is 27.4. The molecular weight excluding hydrogens is 426 g/mol. The van der Waals surface area contributed by atoms with E-state index in [1.165, 1.54) is 25.0 Å². The molecule has 2 aliphatic rings. The Morgan fingerprint density at radius 3 is 2.25 bits per heavy atom. The van der Waals surface area contributed by atoms with Gasteiger partial charge < -0.3 is 10.2 Å². The number of amides is 2. The lowest BCUT2D eigenvalue weighted by Crippen LogP contribution is -2.44. The maximum absolute atomic E-state index is 13.0. The second-order valence-electron chi connectivity index (χ2n) is 8.56. The molecule has 4 rings (SSSR count). The Labute approximate surface area is 189 Å². The van der Waals surface area contributed by atoms with Crippen LogP contribution in [0.3, 0.4) is 0 Å². The Morgan fingerprint density at radius 1 is 0.875 bits per heavy atom. The van der Waals surface area contributed by atoms with Crippen molar-refractivity contribution in [2.75, 3.05) is 17.8 Å². The lowest BCUT2D eigenvalue weighted by atomic mass is 9.95. The molecular formula is C24H29N3O4S. The molecule has 8 heteroatoms. The van der Waals surface area contributed by atoms with Gasteiger partial charge in [0.25, 0.3) is 15.9 Å². The highest BCUT2D eigenvalue weighted by Crippen LogP contribution is 2.23. The standard InChI is InChI=1S/C24H29N3O4S/c28-23(25-20-8-4-5-9-20)18-13-15-27(16-14-18)24(29)19-7-6-10-21(17-19)26-32(30,31)22-11-2-1-3-12-22/h1-3,6-7,10-12,17-18,20,26H,4-5,8-9,13-16H2,(H,25,28). The van der Waals surface area contributed by atoms with Gasteiger partial charge in [-0.2, -0.15) is 0 Å². The number of hydrogen-bond donors (Lipinski definition) is 2. The van der Waals surface area contributed by atoms with Gasteiger partial charge in [-0.05, 0) is 56.0 Å². The molecule has 1 aliphatic carbocycles. The van der Waals surface area contributed by atoms with E-state index in [4.69, 9.17) is 0 Å². The number of carbonyl (C=O) groups excluding carboxylic acids is 2. The fourth-order valence-corrected chi connectivity index (χ4v) is 5.52. The van der Waals surface area contributed by atoms with Crippen molar-refractivity contribution in [2.24, 2.45) is 5.92 Å². The number of rotatable bonds is 6. The highest BCUT2D eigenvalue weighted by molar-refractivity contribution is 7.92. The van der Waals surface area contributed by atoms with Crippen molar-refractivity contribution in [1.82, 2.24) is 10.2 Å². The van der Waals surface area contributed by atoms with Gasteiger partial charge in [0.15, 0.2) is 0 Å². The smallest absolute Gasteiger partial charge is 0.261 e. The minimum absolute atomic E-state index is 0.0522. The van der Waals surface area contributed by atoms with E-state index in [0.717, 1.165) is 12.8 Å². The number of anilines is 1. The van der Waals surface area contributed by atoms with Crippen LogP contribution in [0.25, 0.3) is 0 Å². The molecule has 32 heavy (non-hydrogen) atoms. The number of nitrogens with zero attached hydrogens (tertiary/aromatic N) is 1. The summed E-state index contributed by atoms with van der Waals surface area (Å²) in [6.07, 6.45) is 5.77. The molecule has 7 nitrogen and oxygen atoms in total. The van der Waals surface area contributed by atoms with Gasteiger partial charge in [0.2, 0.25) is 5.91 Å². The van der Waals surface area contributed by atoms with Crippen LogP contribution >= 0.6 is 0 Å². The Hall–Kier alpha value is -2.87. The fourth-order valence-electron chi connectivity index (χ4n) is 4.45. The van der Waals surface area contributed by atoms with Crippen LogP contribution in [0.15, 0.2) is 59.5 Å². The number of carbonyl (C=O) groups is 2. The molecule has 1 aliphatic heterocycles. The maximum atomic E-state index is 13.0. The molecule has 1 saturated heterocycles. The number of likely N-dealkylation sites (tertiary alicyclic amines) is 1. The zero-order valence-corrected chi connectivity index (χ0v) is 18.8. The summed E-state index contributed by atoms with van der Waals surface area (Å²) in [6.45, 7) is 1.03. The average molecular weight is 456 g/mol. The molecule has 2 amide bonds. The first-order valence-electron chi connectivity index (χ1n) is 11.2. The van der Waals surface area contributed by atoms with Crippen molar-refractivity contribution in [3.63, 3.8) is 0 Å². The molecule has 0 atom stereocenters. The van der Waals surface area contributed by atoms with Gasteiger partial charge in [0.05, 0.1) is 4.90 Å². The summed E-state index contributed by atoms with van der Waals surface area (Å²) in [5.41, 5.74) is 0.762. The monoisotopic (exact) mass is 455 g/mol. The summed E-state index contributed by atoms with van der Waals surface area (Å²) >= 11 is 0. The van der Waals surface area contributed by atoms with Gasteiger partial charge in [-0.15, -0.1) is 0 Å². The van der Waals surface area contributed by atoms with Crippen LogP contribution in [0.4, 0.5) is 5.69 Å². The average Bonchev–Trinajstić information content (AvgIpc) is 3.32. The molecule has 170 valence electrons. The predicted molar refractivity (Wildman–Crippen MR) is 123 cm³/mol. The van der Waals surface area contributed by atoms with E-state index in [2.05, 4.69) is 10.0 Å². The Bertz CT molecular complexity index is 1060. The van der Waals surface area contributed by atoms with Gasteiger partial charge in [-0.3, -0.25) is 14.3 Å². The lowest BCUT2D eigenvalue weighted by molar-refractivity contribution is -0.127. The highest BCUT2D eigenvalue weighted by Gasteiger charge is 2.29.